The molecule has 0 aromatic heterocycles. The lowest BCUT2D eigenvalue weighted by molar-refractivity contribution is 1.08. The Morgan fingerprint density at radius 1 is 2.00 bits per heavy atom. The van der Waals surface area contributed by atoms with Gasteiger partial charge in [-0.1, -0.05) is 11.8 Å². The van der Waals surface area contributed by atoms with E-state index < -0.39 is 0 Å². The minimum absolute atomic E-state index is 0.972. The number of nitrogens with two attached hydrogens (primary N) is 1. The molecule has 0 unspecified atom stereocenters. The minimum Gasteiger partial charge on any atom is -0.380 e. The van der Waals surface area contributed by atoms with E-state index in [0.717, 1.165) is 5.88 Å². The molecule has 1 rings (SSSR count). The topological polar surface area (TPSA) is 38.0 Å². The van der Waals surface area contributed by atoms with Gasteiger partial charge in [0.2, 0.25) is 0 Å². The second-order valence-electron chi connectivity index (χ2n) is 1.07. The predicted octanol–water partition coefficient (Wildman–Crippen LogP) is 0.686. The first-order valence-electron chi connectivity index (χ1n) is 1.86. The third-order valence-electron chi connectivity index (χ3n) is 0.634. The number of nitrogens with one attached hydrogen (secondary N) is 1. The predicted molar refractivity (Wildman–Crippen MR) is 35.5 cm³/mol. The van der Waals surface area contributed by atoms with Crippen molar-refractivity contribution in [1.82, 2.24) is 5.32 Å². The number of hydrogen-bond donors (Lipinski definition) is 2. The van der Waals surface area contributed by atoms with E-state index in [1.807, 2.05) is 6.20 Å². The van der Waals surface area contributed by atoms with Crippen molar-refractivity contribution in [2.75, 3.05) is 5.88 Å². The summed E-state index contributed by atoms with van der Waals surface area (Å²) in [6.07, 6.45) is 1.93. The van der Waals surface area contributed by atoms with E-state index in [0.29, 0.717) is 0 Å². The standard InChI is InChI=1S/C3H6N2S2/c4-7-3-1-5-2-6-3/h1,5H,2,4H2. The summed E-state index contributed by atoms with van der Waals surface area (Å²) in [6, 6.07) is 0. The highest BCUT2D eigenvalue weighted by Gasteiger charge is 2.00. The van der Waals surface area contributed by atoms with Gasteiger partial charge in [0.1, 0.15) is 0 Å². The van der Waals surface area contributed by atoms with Crippen LogP contribution in [0.25, 0.3) is 0 Å². The summed E-state index contributed by atoms with van der Waals surface area (Å²) < 4.78 is 1.17. The molecule has 4 heteroatoms. The van der Waals surface area contributed by atoms with Crippen molar-refractivity contribution >= 4 is 23.7 Å². The highest BCUT2D eigenvalue weighted by Crippen LogP contribution is 2.25. The molecule has 7 heavy (non-hydrogen) atoms. The fraction of sp³-hybridized carbons (Fsp3) is 0.333. The number of thioether (sulfide) groups is 1. The largest absolute Gasteiger partial charge is 0.380 e. The summed E-state index contributed by atoms with van der Waals surface area (Å²) in [5.74, 6) is 0.972. The molecule has 0 aromatic carbocycles. The van der Waals surface area contributed by atoms with Crippen LogP contribution in [0.3, 0.4) is 0 Å². The molecule has 40 valence electrons. The van der Waals surface area contributed by atoms with E-state index in [9.17, 15) is 0 Å². The van der Waals surface area contributed by atoms with Gasteiger partial charge in [-0.15, -0.1) is 0 Å². The van der Waals surface area contributed by atoms with Crippen LogP contribution in [-0.4, -0.2) is 5.88 Å². The van der Waals surface area contributed by atoms with Gasteiger partial charge in [-0.05, 0) is 11.9 Å². The van der Waals surface area contributed by atoms with Gasteiger partial charge in [-0.3, -0.25) is 5.14 Å². The second kappa shape index (κ2) is 2.49. The molecule has 3 N–H and O–H groups in total. The Labute approximate surface area is 51.0 Å². The van der Waals surface area contributed by atoms with Crippen LogP contribution in [-0.2, 0) is 0 Å². The maximum absolute atomic E-state index is 5.22. The van der Waals surface area contributed by atoms with E-state index >= 15 is 0 Å². The first-order valence-corrected chi connectivity index (χ1v) is 3.73. The normalized spacial score (nSPS) is 18.7. The zero-order chi connectivity index (χ0) is 5.11. The van der Waals surface area contributed by atoms with Gasteiger partial charge in [-0.2, -0.15) is 0 Å². The molecule has 0 fully saturated rings. The zero-order valence-corrected chi connectivity index (χ0v) is 5.31. The third-order valence-corrected chi connectivity index (χ3v) is 2.34. The molecule has 0 aromatic rings. The van der Waals surface area contributed by atoms with Crippen LogP contribution in [0.1, 0.15) is 0 Å². The maximum atomic E-state index is 5.22. The summed E-state index contributed by atoms with van der Waals surface area (Å²) in [5.41, 5.74) is 0. The average molecular weight is 134 g/mol. The Hall–Kier alpha value is 0.200. The quantitative estimate of drug-likeness (QED) is 0.517. The van der Waals surface area contributed by atoms with Crippen molar-refractivity contribution in [3.05, 3.63) is 10.4 Å². The summed E-state index contributed by atoms with van der Waals surface area (Å²) in [7, 11) is 0. The van der Waals surface area contributed by atoms with Crippen LogP contribution in [0.5, 0.6) is 0 Å². The Morgan fingerprint density at radius 2 is 2.86 bits per heavy atom. The molecule has 0 atom stereocenters. The minimum atomic E-state index is 0.972. The summed E-state index contributed by atoms with van der Waals surface area (Å²) in [5, 5.41) is 8.24. The van der Waals surface area contributed by atoms with Crippen LogP contribution >= 0.6 is 23.7 Å². The summed E-state index contributed by atoms with van der Waals surface area (Å²) in [6.45, 7) is 0. The van der Waals surface area contributed by atoms with Crippen LogP contribution in [0, 0.1) is 0 Å². The smallest absolute Gasteiger partial charge is 0.0728 e. The highest BCUT2D eigenvalue weighted by atomic mass is 32.2. The SMILES string of the molecule is NSC1=CNCS1. The van der Waals surface area contributed by atoms with Crippen molar-refractivity contribution in [3.8, 4) is 0 Å². The van der Waals surface area contributed by atoms with E-state index in [2.05, 4.69) is 5.32 Å². The Morgan fingerprint density at radius 3 is 3.14 bits per heavy atom. The fourth-order valence-corrected chi connectivity index (χ4v) is 1.42. The van der Waals surface area contributed by atoms with Crippen LogP contribution in [0.2, 0.25) is 0 Å². The molecule has 0 aliphatic carbocycles. The first kappa shape index (κ1) is 5.34. The lowest BCUT2D eigenvalue weighted by Crippen LogP contribution is -1.93. The number of rotatable bonds is 1. The van der Waals surface area contributed by atoms with Crippen molar-refractivity contribution < 1.29 is 0 Å². The van der Waals surface area contributed by atoms with Crippen molar-refractivity contribution in [2.45, 2.75) is 0 Å². The summed E-state index contributed by atoms with van der Waals surface area (Å²) in [4.78, 5) is 0. The van der Waals surface area contributed by atoms with Gasteiger partial charge in [0.25, 0.3) is 0 Å². The molecular formula is C3H6N2S2. The van der Waals surface area contributed by atoms with Gasteiger partial charge in [0, 0.05) is 6.20 Å². The average Bonchev–Trinajstić information content (AvgIpc) is 2.14. The molecular weight excluding hydrogens is 128 g/mol. The van der Waals surface area contributed by atoms with E-state index in [1.54, 1.807) is 11.8 Å². The molecule has 0 saturated heterocycles. The Balaban J connectivity index is 2.36. The second-order valence-corrected chi connectivity index (χ2v) is 3.03. The van der Waals surface area contributed by atoms with Crippen molar-refractivity contribution in [1.29, 1.82) is 0 Å². The molecule has 2 nitrogen and oxygen atoms in total. The fourth-order valence-electron chi connectivity index (χ4n) is 0.348. The molecule has 1 heterocycles. The van der Waals surface area contributed by atoms with E-state index in [1.165, 1.54) is 16.2 Å². The molecule has 0 bridgehead atoms. The third kappa shape index (κ3) is 1.29. The highest BCUT2D eigenvalue weighted by molar-refractivity contribution is 8.21. The van der Waals surface area contributed by atoms with Gasteiger partial charge >= 0.3 is 0 Å². The summed E-state index contributed by atoms with van der Waals surface area (Å²) >= 11 is 3.02. The van der Waals surface area contributed by atoms with Crippen LogP contribution in [0.4, 0.5) is 0 Å². The number of hydrogen-bond acceptors (Lipinski definition) is 4. The molecule has 0 spiro atoms. The van der Waals surface area contributed by atoms with Crippen molar-refractivity contribution in [2.24, 2.45) is 5.14 Å². The van der Waals surface area contributed by atoms with Crippen LogP contribution < -0.4 is 10.5 Å². The molecule has 0 radical (unpaired) electrons. The van der Waals surface area contributed by atoms with Crippen LogP contribution in [0.15, 0.2) is 10.4 Å². The van der Waals surface area contributed by atoms with Gasteiger partial charge in [-0.25, -0.2) is 0 Å². The van der Waals surface area contributed by atoms with E-state index in [-0.39, 0.29) is 0 Å². The first-order chi connectivity index (χ1) is 3.43. The molecule has 1 aliphatic heterocycles. The monoisotopic (exact) mass is 134 g/mol. The van der Waals surface area contributed by atoms with E-state index in [4.69, 9.17) is 5.14 Å². The van der Waals surface area contributed by atoms with Gasteiger partial charge < -0.3 is 5.32 Å². The Bertz CT molecular complexity index is 90.9. The Kier molecular flexibility index (Phi) is 1.90. The lowest BCUT2D eigenvalue weighted by Gasteiger charge is -1.85. The maximum Gasteiger partial charge on any atom is 0.0728 e. The molecule has 0 amide bonds. The van der Waals surface area contributed by atoms with Crippen molar-refractivity contribution in [3.63, 3.8) is 0 Å². The lowest BCUT2D eigenvalue weighted by atomic mass is 11.0. The molecule has 0 saturated carbocycles. The zero-order valence-electron chi connectivity index (χ0n) is 3.68. The van der Waals surface area contributed by atoms with Gasteiger partial charge in [0.05, 0.1) is 10.1 Å². The van der Waals surface area contributed by atoms with Gasteiger partial charge in [0.15, 0.2) is 0 Å². The molecule has 1 aliphatic rings.